The minimum absolute atomic E-state index is 0.298. The van der Waals surface area contributed by atoms with Crippen LogP contribution < -0.4 is 10.6 Å². The van der Waals surface area contributed by atoms with Crippen LogP contribution in [0.3, 0.4) is 0 Å². The molecule has 1 unspecified atom stereocenters. The standard InChI is InChI=1S/C31H36N2O4.C4H10/c1-21-7-3-6-10-26(21)28-18-23(12-14-27(28)30(34)33-29(31(35)36)15-16-32-2)20-37-19-22-11-13-24-8-4-5-9-25(24)17-22;1-3-4-2/h3,6-7,10-14,17-18,29,32H,4-5,8-9,15-16,19-20H2,1-2H3,(H,33,34)(H,35,36);3-4H2,1-2H3. The summed E-state index contributed by atoms with van der Waals surface area (Å²) in [7, 11) is 1.75. The number of ether oxygens (including phenoxy) is 1. The molecule has 0 spiro atoms. The first-order valence-corrected chi connectivity index (χ1v) is 14.9. The van der Waals surface area contributed by atoms with Crippen LogP contribution in [-0.4, -0.2) is 36.6 Å². The second-order valence-electron chi connectivity index (χ2n) is 10.8. The number of carboxylic acids is 1. The van der Waals surface area contributed by atoms with Crippen molar-refractivity contribution in [2.24, 2.45) is 0 Å². The monoisotopic (exact) mass is 558 g/mol. The van der Waals surface area contributed by atoms with Gasteiger partial charge >= 0.3 is 5.97 Å². The van der Waals surface area contributed by atoms with Gasteiger partial charge in [-0.2, -0.15) is 0 Å². The van der Waals surface area contributed by atoms with Gasteiger partial charge in [-0.1, -0.05) is 75.2 Å². The van der Waals surface area contributed by atoms with Crippen LogP contribution in [0.15, 0.2) is 60.7 Å². The molecule has 0 aliphatic heterocycles. The Balaban J connectivity index is 0.00000108. The summed E-state index contributed by atoms with van der Waals surface area (Å²) in [5, 5.41) is 15.2. The van der Waals surface area contributed by atoms with Gasteiger partial charge in [0.2, 0.25) is 0 Å². The molecule has 0 saturated carbocycles. The molecule has 0 aromatic heterocycles. The lowest BCUT2D eigenvalue weighted by molar-refractivity contribution is -0.139. The van der Waals surface area contributed by atoms with Crippen LogP contribution in [0.5, 0.6) is 0 Å². The molecular weight excluding hydrogens is 512 g/mol. The number of nitrogens with one attached hydrogen (secondary N) is 2. The van der Waals surface area contributed by atoms with Gasteiger partial charge in [0.05, 0.1) is 13.2 Å². The molecule has 1 aliphatic rings. The van der Waals surface area contributed by atoms with Crippen molar-refractivity contribution in [2.45, 2.75) is 85.0 Å². The van der Waals surface area contributed by atoms with Crippen molar-refractivity contribution < 1.29 is 19.4 Å². The maximum Gasteiger partial charge on any atom is 0.326 e. The lowest BCUT2D eigenvalue weighted by Crippen LogP contribution is -2.42. The van der Waals surface area contributed by atoms with Crippen LogP contribution in [0.4, 0.5) is 0 Å². The molecule has 1 aliphatic carbocycles. The summed E-state index contributed by atoms with van der Waals surface area (Å²) in [4.78, 5) is 24.9. The molecule has 3 N–H and O–H groups in total. The summed E-state index contributed by atoms with van der Waals surface area (Å²) in [6.07, 6.45) is 7.77. The van der Waals surface area contributed by atoms with Crippen molar-refractivity contribution in [1.29, 1.82) is 0 Å². The number of hydrogen-bond acceptors (Lipinski definition) is 4. The van der Waals surface area contributed by atoms with E-state index in [0.717, 1.165) is 28.7 Å². The van der Waals surface area contributed by atoms with E-state index >= 15 is 0 Å². The molecule has 3 aromatic carbocycles. The van der Waals surface area contributed by atoms with Crippen molar-refractivity contribution in [1.82, 2.24) is 10.6 Å². The van der Waals surface area contributed by atoms with E-state index in [-0.39, 0.29) is 0 Å². The molecule has 41 heavy (non-hydrogen) atoms. The Hall–Kier alpha value is -3.48. The summed E-state index contributed by atoms with van der Waals surface area (Å²) < 4.78 is 6.07. The summed E-state index contributed by atoms with van der Waals surface area (Å²) in [6, 6.07) is 19.2. The van der Waals surface area contributed by atoms with E-state index in [1.165, 1.54) is 48.8 Å². The lowest BCUT2D eigenvalue weighted by atomic mass is 9.90. The summed E-state index contributed by atoms with van der Waals surface area (Å²) in [5.74, 6) is -1.45. The van der Waals surface area contributed by atoms with E-state index in [1.54, 1.807) is 13.1 Å². The van der Waals surface area contributed by atoms with Gasteiger partial charge in [-0.15, -0.1) is 0 Å². The van der Waals surface area contributed by atoms with Crippen LogP contribution in [0, 0.1) is 6.92 Å². The zero-order valence-corrected chi connectivity index (χ0v) is 25.1. The average Bonchev–Trinajstić information content (AvgIpc) is 2.99. The van der Waals surface area contributed by atoms with Gasteiger partial charge in [-0.3, -0.25) is 4.79 Å². The zero-order valence-electron chi connectivity index (χ0n) is 25.1. The van der Waals surface area contributed by atoms with Gasteiger partial charge in [-0.25, -0.2) is 4.79 Å². The highest BCUT2D eigenvalue weighted by Crippen LogP contribution is 2.29. The predicted molar refractivity (Wildman–Crippen MR) is 166 cm³/mol. The van der Waals surface area contributed by atoms with Crippen molar-refractivity contribution in [3.8, 4) is 11.1 Å². The van der Waals surface area contributed by atoms with Crippen LogP contribution in [-0.2, 0) is 35.6 Å². The summed E-state index contributed by atoms with van der Waals surface area (Å²) >= 11 is 0. The third-order valence-electron chi connectivity index (χ3n) is 7.50. The molecule has 4 rings (SSSR count). The van der Waals surface area contributed by atoms with Crippen molar-refractivity contribution in [3.63, 3.8) is 0 Å². The third-order valence-corrected chi connectivity index (χ3v) is 7.50. The Labute approximate surface area is 245 Å². The number of unbranched alkanes of at least 4 members (excludes halogenated alkanes) is 1. The molecule has 6 heteroatoms. The molecule has 0 saturated heterocycles. The van der Waals surface area contributed by atoms with E-state index in [9.17, 15) is 14.7 Å². The highest BCUT2D eigenvalue weighted by atomic mass is 16.5. The largest absolute Gasteiger partial charge is 0.480 e. The minimum Gasteiger partial charge on any atom is -0.480 e. The number of rotatable bonds is 12. The number of fused-ring (bicyclic) bond motifs is 1. The fraction of sp³-hybridized carbons (Fsp3) is 0.429. The number of hydrogen-bond donors (Lipinski definition) is 3. The summed E-state index contributed by atoms with van der Waals surface area (Å²) in [5.41, 5.74) is 8.23. The molecule has 0 fully saturated rings. The first-order chi connectivity index (χ1) is 19.9. The fourth-order valence-corrected chi connectivity index (χ4v) is 4.92. The number of carbonyl (C=O) groups excluding carboxylic acids is 1. The molecule has 6 nitrogen and oxygen atoms in total. The van der Waals surface area contributed by atoms with Crippen LogP contribution in [0.25, 0.3) is 11.1 Å². The van der Waals surface area contributed by atoms with Crippen molar-refractivity contribution in [3.05, 3.63) is 94.0 Å². The molecule has 1 amide bonds. The second-order valence-corrected chi connectivity index (χ2v) is 10.8. The Morgan fingerprint density at radius 1 is 0.878 bits per heavy atom. The smallest absolute Gasteiger partial charge is 0.326 e. The lowest BCUT2D eigenvalue weighted by Gasteiger charge is -2.18. The Kier molecular flexibility index (Phi) is 13.1. The van der Waals surface area contributed by atoms with Crippen molar-refractivity contribution in [2.75, 3.05) is 13.6 Å². The SMILES string of the molecule is CCCC.CNCCC(NC(=O)c1ccc(COCc2ccc3c(c2)CCCC3)cc1-c1ccccc1C)C(=O)O. The Morgan fingerprint density at radius 2 is 1.54 bits per heavy atom. The number of aryl methyl sites for hydroxylation is 3. The minimum atomic E-state index is -1.05. The topological polar surface area (TPSA) is 87.7 Å². The third kappa shape index (κ3) is 9.55. The number of aliphatic carboxylic acids is 1. The molecular formula is C35H46N2O4. The fourth-order valence-electron chi connectivity index (χ4n) is 4.92. The molecule has 3 aromatic rings. The normalized spacial score (nSPS) is 13.0. The van der Waals surface area contributed by atoms with Gasteiger partial charge in [0.15, 0.2) is 0 Å². The maximum absolute atomic E-state index is 13.2. The average molecular weight is 559 g/mol. The molecule has 1 atom stereocenters. The molecule has 0 heterocycles. The quantitative estimate of drug-likeness (QED) is 0.226. The van der Waals surface area contributed by atoms with Gasteiger partial charge in [-0.05, 0) is 104 Å². The number of benzene rings is 3. The van der Waals surface area contributed by atoms with Gasteiger partial charge in [0.25, 0.3) is 5.91 Å². The highest BCUT2D eigenvalue weighted by Gasteiger charge is 2.22. The van der Waals surface area contributed by atoms with Crippen LogP contribution >= 0.6 is 0 Å². The number of amides is 1. The number of carboxylic acid groups (broad SMARTS) is 1. The van der Waals surface area contributed by atoms with Crippen LogP contribution in [0.1, 0.15) is 84.1 Å². The molecule has 0 radical (unpaired) electrons. The second kappa shape index (κ2) is 16.7. The van der Waals surface area contributed by atoms with Gasteiger partial charge in [0, 0.05) is 5.56 Å². The van der Waals surface area contributed by atoms with Gasteiger partial charge in [0.1, 0.15) is 6.04 Å². The molecule has 0 bridgehead atoms. The van der Waals surface area contributed by atoms with E-state index in [0.29, 0.717) is 31.7 Å². The van der Waals surface area contributed by atoms with E-state index < -0.39 is 17.9 Å². The Bertz CT molecular complexity index is 1280. The number of carbonyl (C=O) groups is 2. The van der Waals surface area contributed by atoms with Crippen molar-refractivity contribution >= 4 is 11.9 Å². The zero-order chi connectivity index (χ0) is 29.6. The first kappa shape index (κ1) is 32.0. The van der Waals surface area contributed by atoms with E-state index in [2.05, 4.69) is 42.7 Å². The van der Waals surface area contributed by atoms with E-state index in [1.807, 2.05) is 43.3 Å². The highest BCUT2D eigenvalue weighted by molar-refractivity contribution is 6.02. The van der Waals surface area contributed by atoms with Crippen LogP contribution in [0.2, 0.25) is 0 Å². The summed E-state index contributed by atoms with van der Waals surface area (Å²) in [6.45, 7) is 7.80. The Morgan fingerprint density at radius 3 is 2.20 bits per heavy atom. The van der Waals surface area contributed by atoms with Gasteiger partial charge < -0.3 is 20.5 Å². The predicted octanol–water partition coefficient (Wildman–Crippen LogP) is 6.86. The molecule has 220 valence electrons. The van der Waals surface area contributed by atoms with E-state index in [4.69, 9.17) is 4.74 Å². The first-order valence-electron chi connectivity index (χ1n) is 14.9. The maximum atomic E-state index is 13.2.